The van der Waals surface area contributed by atoms with Crippen molar-refractivity contribution in [2.45, 2.75) is 31.2 Å². The molecule has 1 radical (unpaired) electrons. The van der Waals surface area contributed by atoms with Gasteiger partial charge in [-0.1, -0.05) is 12.8 Å². The second kappa shape index (κ2) is 1.75. The Kier molecular flexibility index (Phi) is 1.22. The Hall–Kier alpha value is -0.550. The molecule has 0 bridgehead atoms. The van der Waals surface area contributed by atoms with E-state index in [1.54, 1.807) is 0 Å². The van der Waals surface area contributed by atoms with Crippen LogP contribution in [0.3, 0.4) is 0 Å². The summed E-state index contributed by atoms with van der Waals surface area (Å²) in [5, 5.41) is 8.39. The first-order valence-electron chi connectivity index (χ1n) is 2.93. The van der Waals surface area contributed by atoms with Crippen LogP contribution in [0.4, 0.5) is 0 Å². The summed E-state index contributed by atoms with van der Waals surface area (Å²) in [6, 6.07) is 2.01. The maximum atomic E-state index is 8.39. The Labute approximate surface area is 49.3 Å². The molecule has 1 aliphatic rings. The number of nitrogens with zero attached hydrogens (tertiary/aromatic N) is 1. The van der Waals surface area contributed by atoms with Crippen molar-refractivity contribution in [3.8, 4) is 6.07 Å². The van der Waals surface area contributed by atoms with Crippen LogP contribution in [-0.4, -0.2) is 5.54 Å². The number of hydrogen-bond donors (Lipinski definition) is 0. The van der Waals surface area contributed by atoms with Crippen molar-refractivity contribution in [3.05, 3.63) is 0 Å². The molecule has 1 N–H and O–H groups in total. The molecule has 43 valence electrons. The van der Waals surface area contributed by atoms with Crippen molar-refractivity contribution in [2.75, 3.05) is 0 Å². The smallest absolute Gasteiger partial charge is 0.119 e. The van der Waals surface area contributed by atoms with E-state index in [-0.39, 0.29) is 0 Å². The topological polar surface area (TPSA) is 47.6 Å². The summed E-state index contributed by atoms with van der Waals surface area (Å²) in [5.41, 5.74) is 6.66. The molecule has 1 aliphatic carbocycles. The van der Waals surface area contributed by atoms with Crippen molar-refractivity contribution in [3.63, 3.8) is 0 Å². The second-order valence-corrected chi connectivity index (χ2v) is 2.40. The third-order valence-electron chi connectivity index (χ3n) is 1.67. The summed E-state index contributed by atoms with van der Waals surface area (Å²) >= 11 is 0. The fourth-order valence-electron chi connectivity index (χ4n) is 1.09. The maximum Gasteiger partial charge on any atom is 0.119 e. The first-order valence-corrected chi connectivity index (χ1v) is 2.93. The average Bonchev–Trinajstić information content (AvgIpc) is 2.17. The van der Waals surface area contributed by atoms with E-state index >= 15 is 0 Å². The predicted molar refractivity (Wildman–Crippen MR) is 29.9 cm³/mol. The van der Waals surface area contributed by atoms with Crippen LogP contribution in [0.15, 0.2) is 0 Å². The van der Waals surface area contributed by atoms with E-state index in [0.29, 0.717) is 0 Å². The molecular formula is C6H9N2. The van der Waals surface area contributed by atoms with Crippen LogP contribution in [0.5, 0.6) is 0 Å². The van der Waals surface area contributed by atoms with E-state index in [0.717, 1.165) is 25.7 Å². The van der Waals surface area contributed by atoms with Crippen LogP contribution in [-0.2, 0) is 0 Å². The van der Waals surface area contributed by atoms with Gasteiger partial charge in [-0.05, 0) is 12.8 Å². The molecule has 1 rings (SSSR count). The van der Waals surface area contributed by atoms with E-state index < -0.39 is 5.54 Å². The fourth-order valence-corrected chi connectivity index (χ4v) is 1.09. The minimum atomic E-state index is -0.708. The number of nitrogens with one attached hydrogen (secondary N) is 1. The van der Waals surface area contributed by atoms with Gasteiger partial charge in [0.2, 0.25) is 0 Å². The highest BCUT2D eigenvalue weighted by Crippen LogP contribution is 2.27. The molecule has 0 amide bonds. The van der Waals surface area contributed by atoms with E-state index in [9.17, 15) is 0 Å². The minimum Gasteiger partial charge on any atom is -0.236 e. The maximum absolute atomic E-state index is 8.39. The second-order valence-electron chi connectivity index (χ2n) is 2.40. The summed E-state index contributed by atoms with van der Waals surface area (Å²) in [7, 11) is 0. The number of hydrogen-bond acceptors (Lipinski definition) is 1. The molecule has 0 spiro atoms. The molecule has 0 atom stereocenters. The lowest BCUT2D eigenvalue weighted by Crippen LogP contribution is -2.22. The molecule has 0 aromatic heterocycles. The zero-order chi connectivity index (χ0) is 6.04. The number of rotatable bonds is 0. The average molecular weight is 109 g/mol. The highest BCUT2D eigenvalue weighted by Gasteiger charge is 2.29. The van der Waals surface area contributed by atoms with Gasteiger partial charge in [-0.15, -0.1) is 0 Å². The van der Waals surface area contributed by atoms with E-state index in [1.807, 2.05) is 6.07 Å². The van der Waals surface area contributed by atoms with Crippen LogP contribution in [0.1, 0.15) is 25.7 Å². The Morgan fingerprint density at radius 1 is 1.38 bits per heavy atom. The molecule has 2 heteroatoms. The normalized spacial score (nSPS) is 25.0. The standard InChI is InChI=1S/C6H9N2/c7-5-6(8)3-1-2-4-6/h8H,1-4H2. The summed E-state index contributed by atoms with van der Waals surface area (Å²) in [4.78, 5) is 0. The molecule has 0 unspecified atom stereocenters. The lowest BCUT2D eigenvalue weighted by Gasteiger charge is -2.08. The van der Waals surface area contributed by atoms with Crippen molar-refractivity contribution < 1.29 is 0 Å². The summed E-state index contributed by atoms with van der Waals surface area (Å²) < 4.78 is 0. The van der Waals surface area contributed by atoms with Crippen molar-refractivity contribution in [2.24, 2.45) is 0 Å². The molecule has 1 saturated carbocycles. The summed E-state index contributed by atoms with van der Waals surface area (Å²) in [6.45, 7) is 0. The van der Waals surface area contributed by atoms with Gasteiger partial charge < -0.3 is 0 Å². The third-order valence-corrected chi connectivity index (χ3v) is 1.67. The lowest BCUT2D eigenvalue weighted by molar-refractivity contribution is 0.544. The summed E-state index contributed by atoms with van der Waals surface area (Å²) in [5.74, 6) is 0. The highest BCUT2D eigenvalue weighted by atomic mass is 14.7. The zero-order valence-electron chi connectivity index (χ0n) is 4.78. The van der Waals surface area contributed by atoms with Crippen molar-refractivity contribution in [1.82, 2.24) is 5.73 Å². The molecule has 1 fully saturated rings. The van der Waals surface area contributed by atoms with Crippen LogP contribution >= 0.6 is 0 Å². The van der Waals surface area contributed by atoms with Gasteiger partial charge in [-0.3, -0.25) is 0 Å². The predicted octanol–water partition coefficient (Wildman–Crippen LogP) is 1.11. The van der Waals surface area contributed by atoms with Crippen LogP contribution < -0.4 is 5.73 Å². The van der Waals surface area contributed by atoms with Crippen molar-refractivity contribution >= 4 is 0 Å². The molecule has 0 aromatic rings. The van der Waals surface area contributed by atoms with Crippen molar-refractivity contribution in [1.29, 1.82) is 5.26 Å². The van der Waals surface area contributed by atoms with Gasteiger partial charge in [0, 0.05) is 0 Å². The quantitative estimate of drug-likeness (QED) is 0.459. The SMILES string of the molecule is N#CC1([NH])CCCC1. The largest absolute Gasteiger partial charge is 0.236 e. The van der Waals surface area contributed by atoms with Gasteiger partial charge in [0.1, 0.15) is 5.54 Å². The van der Waals surface area contributed by atoms with E-state index in [2.05, 4.69) is 0 Å². The van der Waals surface area contributed by atoms with Crippen LogP contribution in [0.2, 0.25) is 0 Å². The highest BCUT2D eigenvalue weighted by molar-refractivity contribution is 5.06. The lowest BCUT2D eigenvalue weighted by atomic mass is 10.0. The van der Waals surface area contributed by atoms with Gasteiger partial charge in [0.05, 0.1) is 6.07 Å². The first kappa shape index (κ1) is 5.58. The minimum absolute atomic E-state index is 0.708. The van der Waals surface area contributed by atoms with Gasteiger partial charge in [0.15, 0.2) is 0 Å². The Balaban J connectivity index is 2.56. The van der Waals surface area contributed by atoms with Gasteiger partial charge in [-0.25, -0.2) is 5.73 Å². The van der Waals surface area contributed by atoms with Crippen LogP contribution in [0, 0.1) is 11.3 Å². The molecule has 0 aromatic carbocycles. The molecule has 0 saturated heterocycles. The van der Waals surface area contributed by atoms with Gasteiger partial charge >= 0.3 is 0 Å². The molecule has 8 heavy (non-hydrogen) atoms. The zero-order valence-corrected chi connectivity index (χ0v) is 4.78. The molecule has 0 aliphatic heterocycles. The van der Waals surface area contributed by atoms with Crippen LogP contribution in [0.25, 0.3) is 0 Å². The Bertz CT molecular complexity index is 117. The monoisotopic (exact) mass is 109 g/mol. The van der Waals surface area contributed by atoms with E-state index in [1.165, 1.54) is 0 Å². The van der Waals surface area contributed by atoms with Gasteiger partial charge in [-0.2, -0.15) is 5.26 Å². The molecular weight excluding hydrogens is 100 g/mol. The van der Waals surface area contributed by atoms with E-state index in [4.69, 9.17) is 11.0 Å². The van der Waals surface area contributed by atoms with Gasteiger partial charge in [0.25, 0.3) is 0 Å². The Morgan fingerprint density at radius 2 is 1.88 bits per heavy atom. The molecule has 0 heterocycles. The first-order chi connectivity index (χ1) is 3.77. The molecule has 2 nitrogen and oxygen atoms in total. The summed E-state index contributed by atoms with van der Waals surface area (Å²) in [6.07, 6.45) is 3.70. The number of nitriles is 1. The third kappa shape index (κ3) is 0.823. The fraction of sp³-hybridized carbons (Fsp3) is 0.833. The Morgan fingerprint density at radius 3 is 2.12 bits per heavy atom.